The van der Waals surface area contributed by atoms with Gasteiger partial charge in [-0.15, -0.1) is 0 Å². The fourth-order valence-electron chi connectivity index (χ4n) is 1.25. The Balaban J connectivity index is 2.74. The first-order chi connectivity index (χ1) is 8.51. The monoisotopic (exact) mass is 294 g/mol. The molecule has 0 spiro atoms. The molecule has 102 valence electrons. The number of hydrogen-bond acceptors (Lipinski definition) is 5. The number of ether oxygens (including phenoxy) is 2. The van der Waals surface area contributed by atoms with E-state index in [1.807, 2.05) is 0 Å². The van der Waals surface area contributed by atoms with Crippen LogP contribution in [0.1, 0.15) is 0 Å². The van der Waals surface area contributed by atoms with Crippen molar-refractivity contribution in [2.45, 2.75) is 11.0 Å². The van der Waals surface area contributed by atoms with Crippen molar-refractivity contribution >= 4 is 21.6 Å². The Morgan fingerprint density at radius 1 is 1.50 bits per heavy atom. The average molecular weight is 295 g/mol. The van der Waals surface area contributed by atoms with Crippen molar-refractivity contribution < 1.29 is 17.9 Å². The minimum absolute atomic E-state index is 0.0565. The molecule has 0 aliphatic heterocycles. The highest BCUT2D eigenvalue weighted by Crippen LogP contribution is 2.17. The Morgan fingerprint density at radius 2 is 2.22 bits per heavy atom. The van der Waals surface area contributed by atoms with Crippen LogP contribution in [0.3, 0.4) is 0 Å². The highest BCUT2D eigenvalue weighted by Gasteiger charge is 2.19. The lowest BCUT2D eigenvalue weighted by Gasteiger charge is -2.15. The molecule has 1 aromatic rings. The molecule has 1 rings (SSSR count). The van der Waals surface area contributed by atoms with E-state index in [0.717, 1.165) is 0 Å². The third-order valence-electron chi connectivity index (χ3n) is 2.20. The molecule has 0 saturated carbocycles. The van der Waals surface area contributed by atoms with Crippen LogP contribution in [0.25, 0.3) is 0 Å². The lowest BCUT2D eigenvalue weighted by atomic mass is 10.4. The molecule has 0 aliphatic rings. The number of hydrogen-bond donors (Lipinski definition) is 1. The zero-order valence-electron chi connectivity index (χ0n) is 10.1. The van der Waals surface area contributed by atoms with E-state index in [0.29, 0.717) is 6.61 Å². The molecule has 0 fully saturated rings. The maximum atomic E-state index is 11.9. The Hall–Kier alpha value is -0.730. The van der Waals surface area contributed by atoms with Crippen LogP contribution in [0.4, 0.5) is 0 Å². The summed E-state index contributed by atoms with van der Waals surface area (Å²) in [4.78, 5) is 3.66. The zero-order valence-corrected chi connectivity index (χ0v) is 11.7. The molecule has 8 heteroatoms. The molecule has 1 heterocycles. The number of halogens is 1. The van der Waals surface area contributed by atoms with Crippen molar-refractivity contribution in [1.82, 2.24) is 9.71 Å². The van der Waals surface area contributed by atoms with E-state index in [1.54, 1.807) is 0 Å². The van der Waals surface area contributed by atoms with Gasteiger partial charge in [0.1, 0.15) is 10.0 Å². The highest BCUT2D eigenvalue weighted by atomic mass is 35.5. The summed E-state index contributed by atoms with van der Waals surface area (Å²) < 4.78 is 36.2. The summed E-state index contributed by atoms with van der Waals surface area (Å²) in [6.45, 7) is 0.387. The molecule has 18 heavy (non-hydrogen) atoms. The molecular weight excluding hydrogens is 280 g/mol. The third-order valence-corrected chi connectivity index (χ3v) is 4.07. The van der Waals surface area contributed by atoms with Crippen LogP contribution in [-0.2, 0) is 19.5 Å². The number of nitrogens with one attached hydrogen (secondary N) is 1. The number of sulfonamides is 1. The predicted octanol–water partition coefficient (Wildman–Crippen LogP) is 0.675. The van der Waals surface area contributed by atoms with E-state index in [4.69, 9.17) is 21.1 Å². The van der Waals surface area contributed by atoms with Gasteiger partial charge in [0.2, 0.25) is 10.0 Å². The number of nitrogens with zero attached hydrogens (tertiary/aromatic N) is 1. The first-order valence-electron chi connectivity index (χ1n) is 5.13. The molecule has 0 radical (unpaired) electrons. The van der Waals surface area contributed by atoms with Gasteiger partial charge in [-0.1, -0.05) is 11.6 Å². The molecule has 6 nitrogen and oxygen atoms in total. The Kier molecular flexibility index (Phi) is 5.97. The minimum Gasteiger partial charge on any atom is -0.382 e. The summed E-state index contributed by atoms with van der Waals surface area (Å²) in [6.07, 6.45) is 1.06. The number of pyridine rings is 1. The van der Waals surface area contributed by atoms with Gasteiger partial charge in [0.05, 0.1) is 12.7 Å². The van der Waals surface area contributed by atoms with Crippen molar-refractivity contribution in [2.75, 3.05) is 27.4 Å². The van der Waals surface area contributed by atoms with Crippen molar-refractivity contribution in [3.8, 4) is 0 Å². The van der Waals surface area contributed by atoms with E-state index in [1.165, 1.54) is 32.5 Å². The Morgan fingerprint density at radius 3 is 2.78 bits per heavy atom. The second kappa shape index (κ2) is 7.01. The van der Waals surface area contributed by atoms with Crippen LogP contribution >= 0.6 is 11.6 Å². The summed E-state index contributed by atoms with van der Waals surface area (Å²) in [5, 5.41) is -0.0642. The molecule has 0 aliphatic carbocycles. The molecule has 1 N–H and O–H groups in total. The van der Waals surface area contributed by atoms with Gasteiger partial charge in [-0.2, -0.15) is 0 Å². The van der Waals surface area contributed by atoms with Gasteiger partial charge in [-0.3, -0.25) is 0 Å². The normalized spacial score (nSPS) is 13.5. The van der Waals surface area contributed by atoms with E-state index in [2.05, 4.69) is 9.71 Å². The third kappa shape index (κ3) is 4.18. The molecule has 1 aromatic heterocycles. The molecule has 1 unspecified atom stereocenters. The standard InChI is InChI=1S/C10H15ClN2O4S/c1-16-7-8(17-2)6-13-18(14,15)9-4-3-5-12-10(9)11/h3-5,8,13H,6-7H2,1-2H3. The zero-order chi connectivity index (χ0) is 13.6. The second-order valence-corrected chi connectivity index (χ2v) is 5.55. The summed E-state index contributed by atoms with van der Waals surface area (Å²) in [5.41, 5.74) is 0. The van der Waals surface area contributed by atoms with E-state index in [-0.39, 0.29) is 22.7 Å². The van der Waals surface area contributed by atoms with Gasteiger partial charge in [-0.05, 0) is 12.1 Å². The van der Waals surface area contributed by atoms with Crippen LogP contribution in [0, 0.1) is 0 Å². The molecule has 0 amide bonds. The number of methoxy groups -OCH3 is 2. The fraction of sp³-hybridized carbons (Fsp3) is 0.500. The minimum atomic E-state index is -3.69. The van der Waals surface area contributed by atoms with Crippen LogP contribution in [-0.4, -0.2) is 46.9 Å². The van der Waals surface area contributed by atoms with Crippen LogP contribution in [0.5, 0.6) is 0 Å². The smallest absolute Gasteiger partial charge is 0.243 e. The lowest BCUT2D eigenvalue weighted by molar-refractivity contribution is 0.0320. The summed E-state index contributed by atoms with van der Waals surface area (Å²) in [7, 11) is -0.701. The Bertz CT molecular complexity index is 481. The summed E-state index contributed by atoms with van der Waals surface area (Å²) in [5.74, 6) is 0. The van der Waals surface area contributed by atoms with Gasteiger partial charge >= 0.3 is 0 Å². The lowest BCUT2D eigenvalue weighted by Crippen LogP contribution is -2.35. The first kappa shape index (κ1) is 15.3. The largest absolute Gasteiger partial charge is 0.382 e. The summed E-state index contributed by atoms with van der Waals surface area (Å²) >= 11 is 5.73. The van der Waals surface area contributed by atoms with Gasteiger partial charge in [0.15, 0.2) is 0 Å². The maximum Gasteiger partial charge on any atom is 0.243 e. The summed E-state index contributed by atoms with van der Waals surface area (Å²) in [6, 6.07) is 2.89. The number of aromatic nitrogens is 1. The van der Waals surface area contributed by atoms with Gasteiger partial charge in [0.25, 0.3) is 0 Å². The van der Waals surface area contributed by atoms with Crippen molar-refractivity contribution in [3.63, 3.8) is 0 Å². The van der Waals surface area contributed by atoms with Crippen molar-refractivity contribution in [3.05, 3.63) is 23.5 Å². The van der Waals surface area contributed by atoms with Crippen molar-refractivity contribution in [2.24, 2.45) is 0 Å². The Labute approximate surface area is 111 Å². The number of rotatable bonds is 7. The molecule has 1 atom stereocenters. The molecule has 0 saturated heterocycles. The second-order valence-electron chi connectivity index (χ2n) is 3.46. The van der Waals surface area contributed by atoms with E-state index in [9.17, 15) is 8.42 Å². The van der Waals surface area contributed by atoms with Crippen LogP contribution in [0.15, 0.2) is 23.2 Å². The maximum absolute atomic E-state index is 11.9. The van der Waals surface area contributed by atoms with E-state index >= 15 is 0 Å². The van der Waals surface area contributed by atoms with Gasteiger partial charge < -0.3 is 9.47 Å². The fourth-order valence-corrected chi connectivity index (χ4v) is 2.77. The van der Waals surface area contributed by atoms with Crippen molar-refractivity contribution in [1.29, 1.82) is 0 Å². The van der Waals surface area contributed by atoms with Crippen LogP contribution < -0.4 is 4.72 Å². The quantitative estimate of drug-likeness (QED) is 0.748. The van der Waals surface area contributed by atoms with Gasteiger partial charge in [-0.25, -0.2) is 18.1 Å². The topological polar surface area (TPSA) is 77.5 Å². The first-order valence-corrected chi connectivity index (χ1v) is 6.99. The molecule has 0 aromatic carbocycles. The molecular formula is C10H15ClN2O4S. The molecule has 0 bridgehead atoms. The SMILES string of the molecule is COCC(CNS(=O)(=O)c1cccnc1Cl)OC. The highest BCUT2D eigenvalue weighted by molar-refractivity contribution is 7.89. The average Bonchev–Trinajstić information content (AvgIpc) is 2.34. The predicted molar refractivity (Wildman–Crippen MR) is 67.1 cm³/mol. The van der Waals surface area contributed by atoms with Gasteiger partial charge in [0, 0.05) is 27.0 Å². The van der Waals surface area contributed by atoms with E-state index < -0.39 is 10.0 Å². The van der Waals surface area contributed by atoms with Crippen LogP contribution in [0.2, 0.25) is 5.15 Å².